The molecule has 1 aliphatic rings. The van der Waals surface area contributed by atoms with Crippen molar-refractivity contribution >= 4 is 5.97 Å². The molecule has 0 bridgehead atoms. The first-order chi connectivity index (χ1) is 6.63. The summed E-state index contributed by atoms with van der Waals surface area (Å²) in [5, 5.41) is 8.61. The fraction of sp³-hybridized carbons (Fsp3) is 0.727. The van der Waals surface area contributed by atoms with Crippen LogP contribution in [0.25, 0.3) is 0 Å². The Morgan fingerprint density at radius 1 is 1.64 bits per heavy atom. The minimum atomic E-state index is -0.768. The predicted molar refractivity (Wildman–Crippen MR) is 56.3 cm³/mol. The molecule has 14 heavy (non-hydrogen) atoms. The van der Waals surface area contributed by atoms with E-state index >= 15 is 0 Å². The van der Waals surface area contributed by atoms with Gasteiger partial charge < -0.3 is 10.0 Å². The highest BCUT2D eigenvalue weighted by atomic mass is 16.4. The number of hydrogen-bond acceptors (Lipinski definition) is 2. The number of nitrogens with zero attached hydrogens (tertiary/aromatic N) is 1. The second kappa shape index (κ2) is 5.15. The van der Waals surface area contributed by atoms with Crippen LogP contribution in [0.1, 0.15) is 32.6 Å². The van der Waals surface area contributed by atoms with E-state index < -0.39 is 5.97 Å². The average Bonchev–Trinajstić information content (AvgIpc) is 2.50. The van der Waals surface area contributed by atoms with Gasteiger partial charge in [-0.3, -0.25) is 4.79 Å². The van der Waals surface area contributed by atoms with Crippen molar-refractivity contribution < 1.29 is 9.90 Å². The van der Waals surface area contributed by atoms with Gasteiger partial charge in [0.05, 0.1) is 6.42 Å². The van der Waals surface area contributed by atoms with E-state index in [0.717, 1.165) is 25.1 Å². The second-order valence-electron chi connectivity index (χ2n) is 3.95. The topological polar surface area (TPSA) is 40.5 Å². The molecule has 0 aromatic carbocycles. The number of carboxylic acid groups (broad SMARTS) is 1. The molecule has 0 aliphatic carbocycles. The Balaban J connectivity index is 2.35. The van der Waals surface area contributed by atoms with E-state index in [1.165, 1.54) is 12.8 Å². The largest absolute Gasteiger partial charge is 0.481 e. The molecule has 3 heteroatoms. The lowest BCUT2D eigenvalue weighted by atomic mass is 10.0. The predicted octanol–water partition coefficient (Wildman–Crippen LogP) is 1.89. The van der Waals surface area contributed by atoms with E-state index in [0.29, 0.717) is 6.04 Å². The van der Waals surface area contributed by atoms with Crippen LogP contribution < -0.4 is 0 Å². The summed E-state index contributed by atoms with van der Waals surface area (Å²) in [7, 11) is 0. The highest BCUT2D eigenvalue weighted by molar-refractivity contribution is 5.69. The van der Waals surface area contributed by atoms with Crippen LogP contribution in [-0.4, -0.2) is 35.1 Å². The molecule has 0 radical (unpaired) electrons. The van der Waals surface area contributed by atoms with Gasteiger partial charge in [-0.05, 0) is 32.4 Å². The zero-order valence-corrected chi connectivity index (χ0v) is 8.83. The van der Waals surface area contributed by atoms with Crippen molar-refractivity contribution in [3.63, 3.8) is 0 Å². The summed E-state index contributed by atoms with van der Waals surface area (Å²) >= 11 is 0. The van der Waals surface area contributed by atoms with Crippen LogP contribution >= 0.6 is 0 Å². The third-order valence-electron chi connectivity index (χ3n) is 2.83. The van der Waals surface area contributed by atoms with Crippen LogP contribution in [-0.2, 0) is 4.79 Å². The van der Waals surface area contributed by atoms with Gasteiger partial charge in [-0.25, -0.2) is 0 Å². The first-order valence-corrected chi connectivity index (χ1v) is 5.26. The van der Waals surface area contributed by atoms with Gasteiger partial charge >= 0.3 is 5.97 Å². The maximum Gasteiger partial charge on any atom is 0.307 e. The van der Waals surface area contributed by atoms with Gasteiger partial charge in [-0.1, -0.05) is 19.1 Å². The van der Waals surface area contributed by atoms with Gasteiger partial charge in [-0.15, -0.1) is 0 Å². The molecule has 0 amide bonds. The third kappa shape index (κ3) is 3.14. The second-order valence-corrected chi connectivity index (χ2v) is 3.95. The van der Waals surface area contributed by atoms with E-state index in [2.05, 4.69) is 18.4 Å². The Kier molecular flexibility index (Phi) is 4.14. The lowest BCUT2D eigenvalue weighted by Crippen LogP contribution is -2.29. The summed E-state index contributed by atoms with van der Waals surface area (Å²) in [6.45, 7) is 8.19. The van der Waals surface area contributed by atoms with Gasteiger partial charge in [-0.2, -0.15) is 0 Å². The highest BCUT2D eigenvalue weighted by Gasteiger charge is 2.23. The fourth-order valence-electron chi connectivity index (χ4n) is 2.16. The summed E-state index contributed by atoms with van der Waals surface area (Å²) in [5.41, 5.74) is 0.850. The van der Waals surface area contributed by atoms with E-state index in [1.807, 2.05) is 0 Å². The lowest BCUT2D eigenvalue weighted by molar-refractivity contribution is -0.136. The molecular formula is C11H19NO2. The summed E-state index contributed by atoms with van der Waals surface area (Å²) in [4.78, 5) is 12.9. The molecule has 0 aromatic heterocycles. The Morgan fingerprint density at radius 3 is 2.93 bits per heavy atom. The minimum absolute atomic E-state index is 0.119. The minimum Gasteiger partial charge on any atom is -0.481 e. The molecule has 0 spiro atoms. The van der Waals surface area contributed by atoms with Gasteiger partial charge in [0.15, 0.2) is 0 Å². The Hall–Kier alpha value is -0.830. The molecule has 0 saturated carbocycles. The van der Waals surface area contributed by atoms with Crippen molar-refractivity contribution in [2.24, 2.45) is 0 Å². The van der Waals surface area contributed by atoms with Gasteiger partial charge in [0.2, 0.25) is 0 Å². The van der Waals surface area contributed by atoms with Crippen LogP contribution in [0, 0.1) is 0 Å². The zero-order valence-electron chi connectivity index (χ0n) is 8.83. The fourth-order valence-corrected chi connectivity index (χ4v) is 2.16. The molecule has 1 fully saturated rings. The van der Waals surface area contributed by atoms with Crippen LogP contribution in [0.15, 0.2) is 12.2 Å². The molecule has 1 heterocycles. The van der Waals surface area contributed by atoms with Crippen molar-refractivity contribution in [1.82, 2.24) is 4.90 Å². The summed E-state index contributed by atoms with van der Waals surface area (Å²) in [6, 6.07) is 0.534. The van der Waals surface area contributed by atoms with E-state index in [1.54, 1.807) is 0 Å². The zero-order chi connectivity index (χ0) is 10.6. The number of hydrogen-bond donors (Lipinski definition) is 1. The summed E-state index contributed by atoms with van der Waals surface area (Å²) in [6.07, 6.45) is 3.39. The van der Waals surface area contributed by atoms with Crippen LogP contribution in [0.4, 0.5) is 0 Å². The Labute approximate surface area is 85.4 Å². The normalized spacial score (nSPS) is 22.5. The Bertz CT molecular complexity index is 225. The van der Waals surface area contributed by atoms with Crippen LogP contribution in [0.3, 0.4) is 0 Å². The van der Waals surface area contributed by atoms with Crippen LogP contribution in [0.5, 0.6) is 0 Å². The lowest BCUT2D eigenvalue weighted by Gasteiger charge is -2.23. The summed E-state index contributed by atoms with van der Waals surface area (Å²) < 4.78 is 0. The SMILES string of the molecule is C=C(CC(=O)O)CC1CCCN1CC. The maximum atomic E-state index is 10.5. The maximum absolute atomic E-state index is 10.5. The van der Waals surface area contributed by atoms with Crippen molar-refractivity contribution in [1.29, 1.82) is 0 Å². The third-order valence-corrected chi connectivity index (χ3v) is 2.83. The van der Waals surface area contributed by atoms with Crippen molar-refractivity contribution in [2.45, 2.75) is 38.6 Å². The monoisotopic (exact) mass is 197 g/mol. The molecule has 3 nitrogen and oxygen atoms in total. The van der Waals surface area contributed by atoms with Crippen molar-refractivity contribution in [3.05, 3.63) is 12.2 Å². The number of carboxylic acids is 1. The van der Waals surface area contributed by atoms with E-state index in [9.17, 15) is 4.79 Å². The Morgan fingerprint density at radius 2 is 2.36 bits per heavy atom. The number of likely N-dealkylation sites (tertiary alicyclic amines) is 1. The van der Waals surface area contributed by atoms with Gasteiger partial charge in [0.1, 0.15) is 0 Å². The van der Waals surface area contributed by atoms with Crippen LogP contribution in [0.2, 0.25) is 0 Å². The number of rotatable bonds is 5. The molecule has 80 valence electrons. The number of carbonyl (C=O) groups is 1. The molecule has 0 aromatic rings. The van der Waals surface area contributed by atoms with E-state index in [4.69, 9.17) is 5.11 Å². The standard InChI is InChI=1S/C11H19NO2/c1-3-12-6-4-5-10(12)7-9(2)8-11(13)14/h10H,2-8H2,1H3,(H,13,14). The molecular weight excluding hydrogens is 178 g/mol. The molecule has 1 aliphatic heterocycles. The molecule has 1 saturated heterocycles. The average molecular weight is 197 g/mol. The quantitative estimate of drug-likeness (QED) is 0.684. The van der Waals surface area contributed by atoms with Gasteiger partial charge in [0, 0.05) is 6.04 Å². The molecule has 1 N–H and O–H groups in total. The van der Waals surface area contributed by atoms with Crippen molar-refractivity contribution in [3.8, 4) is 0 Å². The van der Waals surface area contributed by atoms with Crippen molar-refractivity contribution in [2.75, 3.05) is 13.1 Å². The highest BCUT2D eigenvalue weighted by Crippen LogP contribution is 2.23. The molecule has 1 unspecified atom stereocenters. The number of aliphatic carboxylic acids is 1. The first-order valence-electron chi connectivity index (χ1n) is 5.26. The summed E-state index contributed by atoms with van der Waals surface area (Å²) in [5.74, 6) is -0.768. The first kappa shape index (κ1) is 11.2. The smallest absolute Gasteiger partial charge is 0.307 e. The van der Waals surface area contributed by atoms with Gasteiger partial charge in [0.25, 0.3) is 0 Å². The molecule has 1 rings (SSSR count). The van der Waals surface area contributed by atoms with E-state index in [-0.39, 0.29) is 6.42 Å². The molecule has 1 atom stereocenters.